The second-order valence-corrected chi connectivity index (χ2v) is 4.50. The van der Waals surface area contributed by atoms with Crippen molar-refractivity contribution in [2.45, 2.75) is 31.7 Å². The van der Waals surface area contributed by atoms with Gasteiger partial charge < -0.3 is 10.6 Å². The fourth-order valence-corrected chi connectivity index (χ4v) is 2.58. The molecular formula is C13H19FN2. The highest BCUT2D eigenvalue weighted by Gasteiger charge is 2.40. The average Bonchev–Trinajstić information content (AvgIpc) is 2.25. The van der Waals surface area contributed by atoms with Gasteiger partial charge in [0.2, 0.25) is 0 Å². The average molecular weight is 222 g/mol. The summed E-state index contributed by atoms with van der Waals surface area (Å²) in [6.07, 6.45) is 3.54. The van der Waals surface area contributed by atoms with E-state index in [9.17, 15) is 4.39 Å². The largest absolute Gasteiger partial charge is 0.365 e. The molecule has 2 rings (SSSR count). The summed E-state index contributed by atoms with van der Waals surface area (Å²) in [6.45, 7) is 3.72. The normalized spacial score (nSPS) is 17.9. The molecule has 1 aromatic carbocycles. The molecule has 0 aromatic heterocycles. The zero-order valence-electron chi connectivity index (χ0n) is 9.75. The van der Waals surface area contributed by atoms with Gasteiger partial charge in [-0.15, -0.1) is 0 Å². The van der Waals surface area contributed by atoms with Crippen molar-refractivity contribution in [3.63, 3.8) is 0 Å². The molecule has 0 unspecified atom stereocenters. The lowest BCUT2D eigenvalue weighted by atomic mass is 9.75. The lowest BCUT2D eigenvalue weighted by molar-refractivity contribution is 0.238. The van der Waals surface area contributed by atoms with Crippen LogP contribution in [0.15, 0.2) is 24.3 Å². The SMILES string of the molecule is CCN(c1ccc(F)cc1)C1(CN)CCC1. The van der Waals surface area contributed by atoms with Crippen molar-refractivity contribution >= 4 is 5.69 Å². The maximum atomic E-state index is 12.9. The van der Waals surface area contributed by atoms with Crippen molar-refractivity contribution in [2.24, 2.45) is 5.73 Å². The molecule has 2 nitrogen and oxygen atoms in total. The van der Waals surface area contributed by atoms with E-state index >= 15 is 0 Å². The number of hydrogen-bond acceptors (Lipinski definition) is 2. The summed E-state index contributed by atoms with van der Waals surface area (Å²) < 4.78 is 12.9. The Kier molecular flexibility index (Phi) is 3.15. The molecular weight excluding hydrogens is 203 g/mol. The number of hydrogen-bond donors (Lipinski definition) is 1. The third-order valence-electron chi connectivity index (χ3n) is 3.69. The molecule has 16 heavy (non-hydrogen) atoms. The first-order valence-corrected chi connectivity index (χ1v) is 5.95. The van der Waals surface area contributed by atoms with Gasteiger partial charge >= 0.3 is 0 Å². The van der Waals surface area contributed by atoms with Crippen LogP contribution in [-0.2, 0) is 0 Å². The Hall–Kier alpha value is -1.09. The highest BCUT2D eigenvalue weighted by atomic mass is 19.1. The van der Waals surface area contributed by atoms with Crippen LogP contribution in [0.25, 0.3) is 0 Å². The monoisotopic (exact) mass is 222 g/mol. The molecule has 0 heterocycles. The number of nitrogens with zero attached hydrogens (tertiary/aromatic N) is 1. The Labute approximate surface area is 96.2 Å². The van der Waals surface area contributed by atoms with E-state index in [2.05, 4.69) is 11.8 Å². The summed E-state index contributed by atoms with van der Waals surface area (Å²) in [6, 6.07) is 6.71. The molecule has 1 saturated carbocycles. The van der Waals surface area contributed by atoms with Crippen LogP contribution in [0.1, 0.15) is 26.2 Å². The zero-order chi connectivity index (χ0) is 11.6. The van der Waals surface area contributed by atoms with Crippen molar-refractivity contribution in [3.8, 4) is 0 Å². The third kappa shape index (κ3) is 1.80. The Balaban J connectivity index is 2.25. The molecule has 0 amide bonds. The fourth-order valence-electron chi connectivity index (χ4n) is 2.58. The van der Waals surface area contributed by atoms with Crippen LogP contribution in [0.4, 0.5) is 10.1 Å². The minimum atomic E-state index is -0.185. The molecule has 88 valence electrons. The lowest BCUT2D eigenvalue weighted by Gasteiger charge is -2.50. The Morgan fingerprint density at radius 3 is 2.31 bits per heavy atom. The first kappa shape index (κ1) is 11.4. The first-order valence-electron chi connectivity index (χ1n) is 5.95. The molecule has 1 aliphatic rings. The Morgan fingerprint density at radius 2 is 1.94 bits per heavy atom. The highest BCUT2D eigenvalue weighted by Crippen LogP contribution is 2.39. The smallest absolute Gasteiger partial charge is 0.123 e. The number of halogens is 1. The minimum absolute atomic E-state index is 0.118. The second-order valence-electron chi connectivity index (χ2n) is 4.50. The summed E-state index contributed by atoms with van der Waals surface area (Å²) in [4.78, 5) is 2.32. The summed E-state index contributed by atoms with van der Waals surface area (Å²) in [5.74, 6) is -0.185. The van der Waals surface area contributed by atoms with E-state index < -0.39 is 0 Å². The van der Waals surface area contributed by atoms with Gasteiger partial charge in [-0.2, -0.15) is 0 Å². The number of rotatable bonds is 4. The van der Waals surface area contributed by atoms with Crippen LogP contribution in [-0.4, -0.2) is 18.6 Å². The van der Waals surface area contributed by atoms with Crippen LogP contribution in [0.5, 0.6) is 0 Å². The van der Waals surface area contributed by atoms with Crippen LogP contribution < -0.4 is 10.6 Å². The summed E-state index contributed by atoms with van der Waals surface area (Å²) >= 11 is 0. The molecule has 0 spiro atoms. The number of likely N-dealkylation sites (N-methyl/N-ethyl adjacent to an activating group) is 1. The third-order valence-corrected chi connectivity index (χ3v) is 3.69. The van der Waals surface area contributed by atoms with Crippen molar-refractivity contribution < 1.29 is 4.39 Å². The van der Waals surface area contributed by atoms with Crippen LogP contribution >= 0.6 is 0 Å². The summed E-state index contributed by atoms with van der Waals surface area (Å²) in [7, 11) is 0. The van der Waals surface area contributed by atoms with E-state index in [0.29, 0.717) is 6.54 Å². The minimum Gasteiger partial charge on any atom is -0.365 e. The van der Waals surface area contributed by atoms with E-state index in [1.54, 1.807) is 0 Å². The van der Waals surface area contributed by atoms with Crippen LogP contribution in [0, 0.1) is 5.82 Å². The molecule has 1 fully saturated rings. The van der Waals surface area contributed by atoms with Gasteiger partial charge in [0.05, 0.1) is 5.54 Å². The molecule has 0 aliphatic heterocycles. The quantitative estimate of drug-likeness (QED) is 0.848. The lowest BCUT2D eigenvalue weighted by Crippen LogP contribution is -2.58. The molecule has 3 heteroatoms. The van der Waals surface area contributed by atoms with Gasteiger partial charge in [0.1, 0.15) is 5.82 Å². The van der Waals surface area contributed by atoms with Gasteiger partial charge in [-0.3, -0.25) is 0 Å². The predicted molar refractivity (Wildman–Crippen MR) is 65.1 cm³/mol. The van der Waals surface area contributed by atoms with E-state index in [0.717, 1.165) is 25.1 Å². The molecule has 1 aliphatic carbocycles. The summed E-state index contributed by atoms with van der Waals surface area (Å²) in [5, 5.41) is 0. The van der Waals surface area contributed by atoms with E-state index in [1.807, 2.05) is 12.1 Å². The van der Waals surface area contributed by atoms with Crippen molar-refractivity contribution in [1.82, 2.24) is 0 Å². The Morgan fingerprint density at radius 1 is 1.31 bits per heavy atom. The van der Waals surface area contributed by atoms with Gasteiger partial charge in [-0.05, 0) is 50.5 Å². The summed E-state index contributed by atoms with van der Waals surface area (Å²) in [5.41, 5.74) is 7.09. The van der Waals surface area contributed by atoms with Gasteiger partial charge in [0.25, 0.3) is 0 Å². The number of anilines is 1. The molecule has 2 N–H and O–H groups in total. The van der Waals surface area contributed by atoms with Gasteiger partial charge in [0, 0.05) is 18.8 Å². The van der Waals surface area contributed by atoms with E-state index in [4.69, 9.17) is 5.73 Å². The van der Waals surface area contributed by atoms with Crippen molar-refractivity contribution in [3.05, 3.63) is 30.1 Å². The zero-order valence-corrected chi connectivity index (χ0v) is 9.75. The van der Waals surface area contributed by atoms with Gasteiger partial charge in [0.15, 0.2) is 0 Å². The van der Waals surface area contributed by atoms with Gasteiger partial charge in [-0.25, -0.2) is 4.39 Å². The van der Waals surface area contributed by atoms with E-state index in [1.165, 1.54) is 18.6 Å². The highest BCUT2D eigenvalue weighted by molar-refractivity contribution is 5.50. The van der Waals surface area contributed by atoms with Crippen LogP contribution in [0.2, 0.25) is 0 Å². The topological polar surface area (TPSA) is 29.3 Å². The maximum Gasteiger partial charge on any atom is 0.123 e. The molecule has 0 bridgehead atoms. The maximum absolute atomic E-state index is 12.9. The number of benzene rings is 1. The fraction of sp³-hybridized carbons (Fsp3) is 0.538. The van der Waals surface area contributed by atoms with E-state index in [-0.39, 0.29) is 11.4 Å². The second kappa shape index (κ2) is 4.42. The standard InChI is InChI=1S/C13H19FN2/c1-2-16(13(10-15)8-3-9-13)12-6-4-11(14)5-7-12/h4-7H,2-3,8-10,15H2,1H3. The van der Waals surface area contributed by atoms with Gasteiger partial charge in [-0.1, -0.05) is 0 Å². The molecule has 0 atom stereocenters. The van der Waals surface area contributed by atoms with Crippen molar-refractivity contribution in [2.75, 3.05) is 18.0 Å². The Bertz CT molecular complexity index is 338. The van der Waals surface area contributed by atoms with Crippen molar-refractivity contribution in [1.29, 1.82) is 0 Å². The molecule has 0 radical (unpaired) electrons. The molecule has 0 saturated heterocycles. The predicted octanol–water partition coefficient (Wildman–Crippen LogP) is 2.53. The first-order chi connectivity index (χ1) is 7.72. The molecule has 1 aromatic rings. The number of nitrogens with two attached hydrogens (primary N) is 1. The van der Waals surface area contributed by atoms with Crippen LogP contribution in [0.3, 0.4) is 0 Å².